The molecule has 0 spiro atoms. The molecule has 0 fully saturated rings. The van der Waals surface area contributed by atoms with Gasteiger partial charge in [-0.2, -0.15) is 0 Å². The maximum atomic E-state index is 12.3. The topological polar surface area (TPSA) is 64.1 Å². The fraction of sp³-hybridized carbons (Fsp3) is 0.385. The van der Waals surface area contributed by atoms with E-state index >= 15 is 0 Å². The van der Waals surface area contributed by atoms with Crippen molar-refractivity contribution >= 4 is 23.4 Å². The molecule has 1 aromatic carbocycles. The summed E-state index contributed by atoms with van der Waals surface area (Å²) in [5.74, 6) is -1.02. The van der Waals surface area contributed by atoms with Gasteiger partial charge in [-0.25, -0.2) is 4.79 Å². The van der Waals surface area contributed by atoms with Gasteiger partial charge >= 0.3 is 12.0 Å². The predicted molar refractivity (Wildman–Crippen MR) is 72.7 cm³/mol. The number of nitrogens with zero attached hydrogens (tertiary/aromatic N) is 3. The molecule has 0 aromatic heterocycles. The van der Waals surface area contributed by atoms with Gasteiger partial charge in [-0.3, -0.25) is 9.69 Å². The lowest BCUT2D eigenvalue weighted by Crippen LogP contribution is -2.48. The van der Waals surface area contributed by atoms with E-state index in [2.05, 4.69) is 4.90 Å². The van der Waals surface area contributed by atoms with Gasteiger partial charge < -0.3 is 14.9 Å². The number of rotatable bonds is 2. The summed E-state index contributed by atoms with van der Waals surface area (Å²) in [6.45, 7) is 0.979. The number of carboxylic acids is 1. The molecule has 0 saturated heterocycles. The molecule has 1 aliphatic rings. The molecule has 6 heteroatoms. The van der Waals surface area contributed by atoms with Crippen LogP contribution in [-0.4, -0.2) is 55.7 Å². The molecule has 2 rings (SSSR count). The van der Waals surface area contributed by atoms with Crippen LogP contribution < -0.4 is 9.80 Å². The molecule has 0 bridgehead atoms. The Bertz CT molecular complexity index is 504. The molecule has 0 aliphatic carbocycles. The van der Waals surface area contributed by atoms with Crippen LogP contribution in [0.2, 0.25) is 0 Å². The van der Waals surface area contributed by atoms with Crippen LogP contribution >= 0.6 is 0 Å². The normalized spacial score (nSPS) is 14.0. The number of carbonyl (C=O) groups is 2. The predicted octanol–water partition coefficient (Wildman–Crippen LogP) is 1.08. The molecule has 0 radical (unpaired) electrons. The second-order valence-electron chi connectivity index (χ2n) is 4.59. The van der Waals surface area contributed by atoms with Crippen LogP contribution in [0.4, 0.5) is 16.2 Å². The van der Waals surface area contributed by atoms with Crippen molar-refractivity contribution in [2.75, 3.05) is 43.5 Å². The third kappa shape index (κ3) is 2.62. The standard InChI is InChI=1S/C13H17N3O3/c1-14-7-8-16(11-6-4-3-5-10(11)14)13(19)15(2)9-12(17)18/h3-6H,7-9H2,1-2H3,(H,17,18). The van der Waals surface area contributed by atoms with E-state index in [0.717, 1.165) is 17.9 Å². The van der Waals surface area contributed by atoms with Gasteiger partial charge in [0, 0.05) is 27.2 Å². The van der Waals surface area contributed by atoms with Crippen molar-refractivity contribution in [3.63, 3.8) is 0 Å². The first-order valence-electron chi connectivity index (χ1n) is 6.05. The van der Waals surface area contributed by atoms with Crippen molar-refractivity contribution in [3.05, 3.63) is 24.3 Å². The Kier molecular flexibility index (Phi) is 3.59. The highest BCUT2D eigenvalue weighted by atomic mass is 16.4. The zero-order valence-corrected chi connectivity index (χ0v) is 11.0. The molecule has 0 saturated carbocycles. The number of carboxylic acid groups (broad SMARTS) is 1. The van der Waals surface area contributed by atoms with E-state index < -0.39 is 5.97 Å². The van der Waals surface area contributed by atoms with E-state index in [1.54, 1.807) is 4.90 Å². The number of hydrogen-bond acceptors (Lipinski definition) is 3. The van der Waals surface area contributed by atoms with E-state index in [-0.39, 0.29) is 12.6 Å². The summed E-state index contributed by atoms with van der Waals surface area (Å²) in [6.07, 6.45) is 0. The van der Waals surface area contributed by atoms with E-state index in [1.165, 1.54) is 11.9 Å². The lowest BCUT2D eigenvalue weighted by atomic mass is 10.2. The van der Waals surface area contributed by atoms with Crippen LogP contribution in [-0.2, 0) is 4.79 Å². The largest absolute Gasteiger partial charge is 0.480 e. The summed E-state index contributed by atoms with van der Waals surface area (Å²) in [5, 5.41) is 8.75. The van der Waals surface area contributed by atoms with Crippen molar-refractivity contribution in [1.82, 2.24) is 4.90 Å². The van der Waals surface area contributed by atoms with Gasteiger partial charge in [0.1, 0.15) is 6.54 Å². The highest BCUT2D eigenvalue weighted by Crippen LogP contribution is 2.32. The summed E-state index contributed by atoms with van der Waals surface area (Å²) in [4.78, 5) is 27.9. The van der Waals surface area contributed by atoms with Crippen LogP contribution in [0.25, 0.3) is 0 Å². The number of benzene rings is 1. The number of urea groups is 1. The van der Waals surface area contributed by atoms with Gasteiger partial charge in [0.25, 0.3) is 0 Å². The van der Waals surface area contributed by atoms with Crippen molar-refractivity contribution in [1.29, 1.82) is 0 Å². The van der Waals surface area contributed by atoms with E-state index in [0.29, 0.717) is 6.54 Å². The number of anilines is 2. The van der Waals surface area contributed by atoms with Crippen molar-refractivity contribution < 1.29 is 14.7 Å². The van der Waals surface area contributed by atoms with E-state index in [1.807, 2.05) is 31.3 Å². The molecule has 6 nitrogen and oxygen atoms in total. The number of carbonyl (C=O) groups excluding carboxylic acids is 1. The fourth-order valence-electron chi connectivity index (χ4n) is 2.18. The number of hydrogen-bond donors (Lipinski definition) is 1. The molecular weight excluding hydrogens is 246 g/mol. The average molecular weight is 263 g/mol. The fourth-order valence-corrected chi connectivity index (χ4v) is 2.18. The van der Waals surface area contributed by atoms with Crippen molar-refractivity contribution in [3.8, 4) is 0 Å². The summed E-state index contributed by atoms with van der Waals surface area (Å²) >= 11 is 0. The van der Waals surface area contributed by atoms with Crippen molar-refractivity contribution in [2.45, 2.75) is 0 Å². The quantitative estimate of drug-likeness (QED) is 0.867. The lowest BCUT2D eigenvalue weighted by Gasteiger charge is -2.37. The minimum Gasteiger partial charge on any atom is -0.480 e. The monoisotopic (exact) mass is 263 g/mol. The van der Waals surface area contributed by atoms with Gasteiger partial charge in [-0.05, 0) is 12.1 Å². The molecule has 0 atom stereocenters. The number of para-hydroxylation sites is 2. The zero-order valence-electron chi connectivity index (χ0n) is 11.0. The molecule has 0 unspecified atom stereocenters. The van der Waals surface area contributed by atoms with E-state index in [9.17, 15) is 9.59 Å². The summed E-state index contributed by atoms with van der Waals surface area (Å²) in [6, 6.07) is 7.33. The van der Waals surface area contributed by atoms with Gasteiger partial charge in [0.2, 0.25) is 0 Å². The minimum absolute atomic E-state index is 0.289. The van der Waals surface area contributed by atoms with Gasteiger partial charge in [0.15, 0.2) is 0 Å². The molecule has 19 heavy (non-hydrogen) atoms. The Morgan fingerprint density at radius 2 is 1.89 bits per heavy atom. The smallest absolute Gasteiger partial charge is 0.324 e. The number of amides is 2. The Morgan fingerprint density at radius 3 is 2.53 bits per heavy atom. The van der Waals surface area contributed by atoms with Gasteiger partial charge in [0.05, 0.1) is 11.4 Å². The first-order chi connectivity index (χ1) is 9.00. The highest BCUT2D eigenvalue weighted by molar-refractivity contribution is 5.97. The number of fused-ring (bicyclic) bond motifs is 1. The molecule has 1 aliphatic heterocycles. The highest BCUT2D eigenvalue weighted by Gasteiger charge is 2.27. The first kappa shape index (κ1) is 13.2. The van der Waals surface area contributed by atoms with Crippen LogP contribution in [0, 0.1) is 0 Å². The van der Waals surface area contributed by atoms with Crippen LogP contribution in [0.3, 0.4) is 0 Å². The molecule has 102 valence electrons. The SMILES string of the molecule is CN(CC(=O)O)C(=O)N1CCN(C)c2ccccc21. The first-order valence-corrected chi connectivity index (χ1v) is 6.05. The van der Waals surface area contributed by atoms with Crippen LogP contribution in [0.1, 0.15) is 0 Å². The molecule has 1 N–H and O–H groups in total. The Hall–Kier alpha value is -2.24. The lowest BCUT2D eigenvalue weighted by molar-refractivity contribution is -0.137. The Labute approximate surface area is 111 Å². The van der Waals surface area contributed by atoms with Crippen molar-refractivity contribution in [2.24, 2.45) is 0 Å². The Morgan fingerprint density at radius 1 is 1.26 bits per heavy atom. The summed E-state index contributed by atoms with van der Waals surface area (Å²) in [5.41, 5.74) is 1.80. The van der Waals surface area contributed by atoms with Gasteiger partial charge in [-0.1, -0.05) is 12.1 Å². The average Bonchev–Trinajstić information content (AvgIpc) is 2.38. The summed E-state index contributed by atoms with van der Waals surface area (Å²) in [7, 11) is 3.47. The maximum absolute atomic E-state index is 12.3. The number of aliphatic carboxylic acids is 1. The third-order valence-corrected chi connectivity index (χ3v) is 3.17. The molecular formula is C13H17N3O3. The zero-order chi connectivity index (χ0) is 14.0. The van der Waals surface area contributed by atoms with Crippen LogP contribution in [0.5, 0.6) is 0 Å². The Balaban J connectivity index is 2.25. The number of likely N-dealkylation sites (N-methyl/N-ethyl adjacent to an activating group) is 2. The van der Waals surface area contributed by atoms with Gasteiger partial charge in [-0.15, -0.1) is 0 Å². The molecule has 1 aromatic rings. The van der Waals surface area contributed by atoms with E-state index in [4.69, 9.17) is 5.11 Å². The maximum Gasteiger partial charge on any atom is 0.324 e. The van der Waals surface area contributed by atoms with Crippen LogP contribution in [0.15, 0.2) is 24.3 Å². The second kappa shape index (κ2) is 5.17. The molecule has 1 heterocycles. The summed E-state index contributed by atoms with van der Waals surface area (Å²) < 4.78 is 0. The molecule has 2 amide bonds. The third-order valence-electron chi connectivity index (χ3n) is 3.17. The second-order valence-corrected chi connectivity index (χ2v) is 4.59. The minimum atomic E-state index is -1.02.